The second kappa shape index (κ2) is 6.00. The van der Waals surface area contributed by atoms with E-state index in [2.05, 4.69) is 10.1 Å². The van der Waals surface area contributed by atoms with Crippen LogP contribution in [0.1, 0.15) is 29.9 Å². The van der Waals surface area contributed by atoms with Gasteiger partial charge in [-0.25, -0.2) is 0 Å². The Morgan fingerprint density at radius 2 is 1.74 bits per heavy atom. The molecule has 0 aliphatic carbocycles. The lowest BCUT2D eigenvalue weighted by Gasteiger charge is -2.05. The number of nitro groups is 1. The van der Waals surface area contributed by atoms with Crippen molar-refractivity contribution in [2.24, 2.45) is 0 Å². The van der Waals surface area contributed by atoms with Crippen LogP contribution in [-0.2, 0) is 0 Å². The fourth-order valence-corrected chi connectivity index (χ4v) is 2.26. The Balaban J connectivity index is 1.84. The van der Waals surface area contributed by atoms with Crippen LogP contribution in [0.4, 0.5) is 5.69 Å². The van der Waals surface area contributed by atoms with Crippen molar-refractivity contribution in [3.05, 3.63) is 75.7 Å². The van der Waals surface area contributed by atoms with E-state index in [1.54, 1.807) is 12.1 Å². The third-order valence-corrected chi connectivity index (χ3v) is 3.73. The first-order chi connectivity index (χ1) is 11.0. The van der Waals surface area contributed by atoms with Crippen LogP contribution < -0.4 is 0 Å². The van der Waals surface area contributed by atoms with Crippen molar-refractivity contribution in [1.82, 2.24) is 10.1 Å². The van der Waals surface area contributed by atoms with E-state index in [0.29, 0.717) is 11.7 Å². The minimum atomic E-state index is -0.420. The summed E-state index contributed by atoms with van der Waals surface area (Å²) in [6, 6.07) is 14.2. The van der Waals surface area contributed by atoms with Crippen LogP contribution in [0.15, 0.2) is 53.1 Å². The summed E-state index contributed by atoms with van der Waals surface area (Å²) in [4.78, 5) is 14.7. The van der Waals surface area contributed by atoms with E-state index in [9.17, 15) is 10.1 Å². The minimum absolute atomic E-state index is 0.0619. The molecule has 1 aromatic heterocycles. The van der Waals surface area contributed by atoms with Crippen molar-refractivity contribution >= 4 is 5.69 Å². The van der Waals surface area contributed by atoms with E-state index in [0.717, 1.165) is 16.7 Å². The Morgan fingerprint density at radius 1 is 1.09 bits per heavy atom. The number of benzene rings is 2. The Morgan fingerprint density at radius 3 is 2.35 bits per heavy atom. The molecule has 116 valence electrons. The largest absolute Gasteiger partial charge is 0.338 e. The average molecular weight is 309 g/mol. The number of hydrogen-bond acceptors (Lipinski definition) is 5. The quantitative estimate of drug-likeness (QED) is 0.535. The number of aromatic nitrogens is 2. The monoisotopic (exact) mass is 309 g/mol. The molecule has 0 bridgehead atoms. The summed E-state index contributed by atoms with van der Waals surface area (Å²) in [6.07, 6.45) is 0. The highest BCUT2D eigenvalue weighted by molar-refractivity contribution is 5.54. The molecule has 1 heterocycles. The van der Waals surface area contributed by atoms with Crippen molar-refractivity contribution < 1.29 is 9.45 Å². The third kappa shape index (κ3) is 3.11. The molecule has 6 nitrogen and oxygen atoms in total. The van der Waals surface area contributed by atoms with E-state index in [1.807, 2.05) is 38.1 Å². The molecule has 23 heavy (non-hydrogen) atoms. The number of nitro benzene ring substituents is 1. The van der Waals surface area contributed by atoms with E-state index in [-0.39, 0.29) is 11.6 Å². The number of hydrogen-bond donors (Lipinski definition) is 0. The van der Waals surface area contributed by atoms with Crippen LogP contribution >= 0.6 is 0 Å². The molecule has 0 fully saturated rings. The van der Waals surface area contributed by atoms with Crippen molar-refractivity contribution in [2.45, 2.75) is 19.8 Å². The van der Waals surface area contributed by atoms with Gasteiger partial charge in [0.1, 0.15) is 0 Å². The summed E-state index contributed by atoms with van der Waals surface area (Å²) >= 11 is 0. The highest BCUT2D eigenvalue weighted by atomic mass is 16.6. The first kappa shape index (κ1) is 14.9. The van der Waals surface area contributed by atoms with E-state index < -0.39 is 4.92 Å². The molecule has 0 N–H and O–H groups in total. The molecule has 0 aliphatic heterocycles. The SMILES string of the molecule is Cc1ccc(-c2noc([C@@H](C)c3ccc([N+](=O)[O-])cc3)n2)cc1. The first-order valence-corrected chi connectivity index (χ1v) is 7.19. The fraction of sp³-hybridized carbons (Fsp3) is 0.176. The second-order valence-electron chi connectivity index (χ2n) is 5.39. The normalized spacial score (nSPS) is 12.1. The van der Waals surface area contributed by atoms with Crippen LogP contribution in [0, 0.1) is 17.0 Å². The maximum Gasteiger partial charge on any atom is 0.269 e. The molecule has 0 radical (unpaired) electrons. The third-order valence-electron chi connectivity index (χ3n) is 3.73. The van der Waals surface area contributed by atoms with Gasteiger partial charge in [-0.05, 0) is 19.4 Å². The molecular weight excluding hydrogens is 294 g/mol. The molecule has 0 saturated heterocycles. The Hall–Kier alpha value is -3.02. The number of rotatable bonds is 4. The molecule has 0 spiro atoms. The standard InChI is InChI=1S/C17H15N3O3/c1-11-3-5-14(6-4-11)16-18-17(23-19-16)12(2)13-7-9-15(10-8-13)20(21)22/h3-10,12H,1-2H3/t12-/m0/s1. The Bertz CT molecular complexity index is 823. The molecule has 2 aromatic carbocycles. The van der Waals surface area contributed by atoms with E-state index in [1.165, 1.54) is 12.1 Å². The maximum absolute atomic E-state index is 10.7. The smallest absolute Gasteiger partial charge is 0.269 e. The second-order valence-corrected chi connectivity index (χ2v) is 5.39. The first-order valence-electron chi connectivity index (χ1n) is 7.19. The fourth-order valence-electron chi connectivity index (χ4n) is 2.26. The van der Waals surface area contributed by atoms with Crippen LogP contribution in [0.25, 0.3) is 11.4 Å². The van der Waals surface area contributed by atoms with Crippen LogP contribution in [0.2, 0.25) is 0 Å². The zero-order valence-electron chi connectivity index (χ0n) is 12.8. The van der Waals surface area contributed by atoms with Crippen LogP contribution in [0.5, 0.6) is 0 Å². The predicted molar refractivity (Wildman–Crippen MR) is 85.1 cm³/mol. The minimum Gasteiger partial charge on any atom is -0.338 e. The summed E-state index contributed by atoms with van der Waals surface area (Å²) < 4.78 is 5.35. The molecule has 1 atom stereocenters. The van der Waals surface area contributed by atoms with E-state index >= 15 is 0 Å². The van der Waals surface area contributed by atoms with Crippen molar-refractivity contribution in [3.8, 4) is 11.4 Å². The Labute approximate surface area is 132 Å². The van der Waals surface area contributed by atoms with Crippen molar-refractivity contribution in [1.29, 1.82) is 0 Å². The van der Waals surface area contributed by atoms with Gasteiger partial charge in [0, 0.05) is 17.7 Å². The van der Waals surface area contributed by atoms with Crippen LogP contribution in [0.3, 0.4) is 0 Å². The average Bonchev–Trinajstić information content (AvgIpc) is 3.05. The maximum atomic E-state index is 10.7. The lowest BCUT2D eigenvalue weighted by molar-refractivity contribution is -0.384. The zero-order chi connectivity index (χ0) is 16.4. The molecule has 0 unspecified atom stereocenters. The zero-order valence-corrected chi connectivity index (χ0v) is 12.8. The topological polar surface area (TPSA) is 82.1 Å². The van der Waals surface area contributed by atoms with Gasteiger partial charge in [0.2, 0.25) is 11.7 Å². The molecular formula is C17H15N3O3. The summed E-state index contributed by atoms with van der Waals surface area (Å²) in [5.41, 5.74) is 3.00. The number of nitrogens with zero attached hydrogens (tertiary/aromatic N) is 3. The number of non-ortho nitro benzene ring substituents is 1. The summed E-state index contributed by atoms with van der Waals surface area (Å²) in [5.74, 6) is 0.880. The lowest BCUT2D eigenvalue weighted by Crippen LogP contribution is -1.97. The van der Waals surface area contributed by atoms with Gasteiger partial charge in [0.25, 0.3) is 5.69 Å². The molecule has 0 saturated carbocycles. The highest BCUT2D eigenvalue weighted by Gasteiger charge is 2.18. The van der Waals surface area contributed by atoms with Gasteiger partial charge < -0.3 is 4.52 Å². The highest BCUT2D eigenvalue weighted by Crippen LogP contribution is 2.26. The van der Waals surface area contributed by atoms with Gasteiger partial charge in [-0.2, -0.15) is 4.98 Å². The summed E-state index contributed by atoms with van der Waals surface area (Å²) in [7, 11) is 0. The lowest BCUT2D eigenvalue weighted by atomic mass is 10.0. The van der Waals surface area contributed by atoms with Gasteiger partial charge in [-0.3, -0.25) is 10.1 Å². The van der Waals surface area contributed by atoms with Gasteiger partial charge in [-0.15, -0.1) is 0 Å². The molecule has 0 aliphatic rings. The van der Waals surface area contributed by atoms with Crippen molar-refractivity contribution in [3.63, 3.8) is 0 Å². The Kier molecular flexibility index (Phi) is 3.89. The molecule has 6 heteroatoms. The summed E-state index contributed by atoms with van der Waals surface area (Å²) in [6.45, 7) is 3.94. The molecule has 3 rings (SSSR count). The molecule has 0 amide bonds. The van der Waals surface area contributed by atoms with Crippen LogP contribution in [-0.4, -0.2) is 15.1 Å². The van der Waals surface area contributed by atoms with E-state index in [4.69, 9.17) is 4.52 Å². The predicted octanol–water partition coefficient (Wildman–Crippen LogP) is 4.11. The van der Waals surface area contributed by atoms with Gasteiger partial charge in [0.15, 0.2) is 0 Å². The van der Waals surface area contributed by atoms with Gasteiger partial charge >= 0.3 is 0 Å². The van der Waals surface area contributed by atoms with Crippen molar-refractivity contribution in [2.75, 3.05) is 0 Å². The van der Waals surface area contributed by atoms with Gasteiger partial charge in [0.05, 0.1) is 10.8 Å². The number of aryl methyl sites for hydroxylation is 1. The van der Waals surface area contributed by atoms with Gasteiger partial charge in [-0.1, -0.05) is 47.1 Å². The summed E-state index contributed by atoms with van der Waals surface area (Å²) in [5, 5.41) is 14.7. The molecule has 3 aromatic rings.